The third-order valence-corrected chi connectivity index (χ3v) is 3.40. The van der Waals surface area contributed by atoms with Crippen molar-refractivity contribution in [3.8, 4) is 0 Å². The molecular formula is C15H24ClN3O. The van der Waals surface area contributed by atoms with Crippen LogP contribution in [0.15, 0.2) is 12.3 Å². The average Bonchev–Trinajstić information content (AvgIpc) is 2.45. The largest absolute Gasteiger partial charge is 0.369 e. The zero-order valence-electron chi connectivity index (χ0n) is 12.5. The van der Waals surface area contributed by atoms with Crippen LogP contribution in [0.2, 0.25) is 5.02 Å². The first kappa shape index (κ1) is 16.8. The molecule has 0 aliphatic rings. The average molecular weight is 298 g/mol. The molecule has 1 aromatic heterocycles. The first-order chi connectivity index (χ1) is 9.62. The summed E-state index contributed by atoms with van der Waals surface area (Å²) in [7, 11) is 0. The summed E-state index contributed by atoms with van der Waals surface area (Å²) in [5, 5.41) is 6.62. The minimum atomic E-state index is -0.109. The summed E-state index contributed by atoms with van der Waals surface area (Å²) >= 11 is 6.14. The van der Waals surface area contributed by atoms with Crippen molar-refractivity contribution < 1.29 is 4.79 Å². The van der Waals surface area contributed by atoms with Crippen molar-refractivity contribution >= 4 is 23.3 Å². The van der Waals surface area contributed by atoms with Crippen molar-refractivity contribution in [3.05, 3.63) is 22.8 Å². The van der Waals surface area contributed by atoms with E-state index in [9.17, 15) is 4.79 Å². The number of nitrogens with zero attached hydrogens (tertiary/aromatic N) is 1. The predicted octanol–water partition coefficient (Wildman–Crippen LogP) is 3.87. The second-order valence-corrected chi connectivity index (χ2v) is 5.26. The third-order valence-electron chi connectivity index (χ3n) is 3.11. The number of aromatic nitrogens is 1. The topological polar surface area (TPSA) is 54.0 Å². The van der Waals surface area contributed by atoms with Crippen LogP contribution in [0.25, 0.3) is 0 Å². The Morgan fingerprint density at radius 1 is 1.35 bits per heavy atom. The molecule has 0 saturated carbocycles. The van der Waals surface area contributed by atoms with Crippen molar-refractivity contribution in [2.45, 2.75) is 52.5 Å². The Balaban J connectivity index is 2.71. The van der Waals surface area contributed by atoms with E-state index in [-0.39, 0.29) is 11.9 Å². The minimum Gasteiger partial charge on any atom is -0.369 e. The standard InChI is InChI=1S/C15H24ClN3O/c1-4-7-12(6-3)19-15(20)11-9-13(16)14(18-10-11)17-8-5-2/h9-10,12H,4-8H2,1-3H3,(H,17,18)(H,19,20). The second kappa shape index (κ2) is 8.80. The van der Waals surface area contributed by atoms with Gasteiger partial charge >= 0.3 is 0 Å². The Bertz CT molecular complexity index is 437. The minimum absolute atomic E-state index is 0.109. The van der Waals surface area contributed by atoms with Gasteiger partial charge in [-0.2, -0.15) is 0 Å². The molecule has 0 aromatic carbocycles. The Hall–Kier alpha value is -1.29. The van der Waals surface area contributed by atoms with E-state index < -0.39 is 0 Å². The van der Waals surface area contributed by atoms with Crippen LogP contribution >= 0.6 is 11.6 Å². The molecular weight excluding hydrogens is 274 g/mol. The number of amides is 1. The third kappa shape index (κ3) is 5.00. The SMILES string of the molecule is CCCNc1ncc(C(=O)NC(CC)CCC)cc1Cl. The smallest absolute Gasteiger partial charge is 0.253 e. The van der Waals surface area contributed by atoms with Gasteiger partial charge in [0.25, 0.3) is 5.91 Å². The molecule has 1 atom stereocenters. The van der Waals surface area contributed by atoms with Crippen molar-refractivity contribution in [2.24, 2.45) is 0 Å². The molecule has 0 saturated heterocycles. The van der Waals surface area contributed by atoms with Crippen LogP contribution in [-0.2, 0) is 0 Å². The normalized spacial score (nSPS) is 12.0. The van der Waals surface area contributed by atoms with Crippen LogP contribution in [0.3, 0.4) is 0 Å². The highest BCUT2D eigenvalue weighted by atomic mass is 35.5. The van der Waals surface area contributed by atoms with Crippen molar-refractivity contribution in [3.63, 3.8) is 0 Å². The number of nitrogens with one attached hydrogen (secondary N) is 2. The highest BCUT2D eigenvalue weighted by Crippen LogP contribution is 2.20. The number of carbonyl (C=O) groups is 1. The fourth-order valence-electron chi connectivity index (χ4n) is 1.93. The fraction of sp³-hybridized carbons (Fsp3) is 0.600. The number of halogens is 1. The molecule has 0 spiro atoms. The maximum atomic E-state index is 12.1. The van der Waals surface area contributed by atoms with Gasteiger partial charge in [-0.3, -0.25) is 4.79 Å². The lowest BCUT2D eigenvalue weighted by molar-refractivity contribution is 0.0933. The molecule has 1 amide bonds. The Labute approximate surface area is 126 Å². The molecule has 20 heavy (non-hydrogen) atoms. The Morgan fingerprint density at radius 3 is 2.65 bits per heavy atom. The van der Waals surface area contributed by atoms with Gasteiger partial charge in [-0.25, -0.2) is 4.98 Å². The number of anilines is 1. The van der Waals surface area contributed by atoms with Gasteiger partial charge in [-0.05, 0) is 25.3 Å². The molecule has 0 bridgehead atoms. The van der Waals surface area contributed by atoms with Crippen LogP contribution in [0.5, 0.6) is 0 Å². The quantitative estimate of drug-likeness (QED) is 0.766. The summed E-state index contributed by atoms with van der Waals surface area (Å²) in [6.07, 6.45) is 5.53. The molecule has 2 N–H and O–H groups in total. The lowest BCUT2D eigenvalue weighted by atomic mass is 10.1. The summed E-state index contributed by atoms with van der Waals surface area (Å²) in [4.78, 5) is 16.3. The van der Waals surface area contributed by atoms with E-state index in [2.05, 4.69) is 36.4 Å². The summed E-state index contributed by atoms with van der Waals surface area (Å²) < 4.78 is 0. The lowest BCUT2D eigenvalue weighted by Crippen LogP contribution is -2.34. The van der Waals surface area contributed by atoms with Gasteiger partial charge < -0.3 is 10.6 Å². The summed E-state index contributed by atoms with van der Waals surface area (Å²) in [5.41, 5.74) is 0.506. The summed E-state index contributed by atoms with van der Waals surface area (Å²) in [5.74, 6) is 0.521. The van der Waals surface area contributed by atoms with Gasteiger partial charge in [-0.1, -0.05) is 38.8 Å². The van der Waals surface area contributed by atoms with E-state index in [1.807, 2.05) is 0 Å². The Morgan fingerprint density at radius 2 is 2.10 bits per heavy atom. The van der Waals surface area contributed by atoms with E-state index in [0.29, 0.717) is 16.4 Å². The van der Waals surface area contributed by atoms with Gasteiger partial charge in [0.15, 0.2) is 0 Å². The number of hydrogen-bond acceptors (Lipinski definition) is 3. The molecule has 0 fully saturated rings. The van der Waals surface area contributed by atoms with Gasteiger partial charge in [0.05, 0.1) is 10.6 Å². The molecule has 4 nitrogen and oxygen atoms in total. The van der Waals surface area contributed by atoms with E-state index in [1.54, 1.807) is 12.3 Å². The molecule has 112 valence electrons. The number of hydrogen-bond donors (Lipinski definition) is 2. The van der Waals surface area contributed by atoms with Gasteiger partial charge in [0.2, 0.25) is 0 Å². The van der Waals surface area contributed by atoms with Gasteiger partial charge in [-0.15, -0.1) is 0 Å². The molecule has 1 heterocycles. The summed E-state index contributed by atoms with van der Waals surface area (Å²) in [6, 6.07) is 1.88. The molecule has 0 radical (unpaired) electrons. The maximum Gasteiger partial charge on any atom is 0.253 e. The van der Waals surface area contributed by atoms with E-state index in [4.69, 9.17) is 11.6 Å². The maximum absolute atomic E-state index is 12.1. The molecule has 1 aromatic rings. The van der Waals surface area contributed by atoms with Gasteiger partial charge in [0.1, 0.15) is 5.82 Å². The van der Waals surface area contributed by atoms with Crippen LogP contribution in [0.4, 0.5) is 5.82 Å². The first-order valence-electron chi connectivity index (χ1n) is 7.32. The van der Waals surface area contributed by atoms with Crippen LogP contribution in [0.1, 0.15) is 56.8 Å². The number of carbonyl (C=O) groups excluding carboxylic acids is 1. The molecule has 1 rings (SSSR count). The van der Waals surface area contributed by atoms with Crippen molar-refractivity contribution in [2.75, 3.05) is 11.9 Å². The first-order valence-corrected chi connectivity index (χ1v) is 7.70. The predicted molar refractivity (Wildman–Crippen MR) is 84.5 cm³/mol. The molecule has 1 unspecified atom stereocenters. The van der Waals surface area contributed by atoms with E-state index in [1.165, 1.54) is 0 Å². The lowest BCUT2D eigenvalue weighted by Gasteiger charge is -2.16. The molecule has 0 aliphatic carbocycles. The van der Waals surface area contributed by atoms with E-state index >= 15 is 0 Å². The van der Waals surface area contributed by atoms with Gasteiger partial charge in [0, 0.05) is 18.8 Å². The Kier molecular flexibility index (Phi) is 7.37. The fourth-order valence-corrected chi connectivity index (χ4v) is 2.16. The van der Waals surface area contributed by atoms with E-state index in [0.717, 1.165) is 32.2 Å². The highest BCUT2D eigenvalue weighted by Gasteiger charge is 2.13. The second-order valence-electron chi connectivity index (χ2n) is 4.85. The van der Waals surface area contributed by atoms with Crippen molar-refractivity contribution in [1.82, 2.24) is 10.3 Å². The monoisotopic (exact) mass is 297 g/mol. The molecule has 5 heteroatoms. The summed E-state index contributed by atoms with van der Waals surface area (Å²) in [6.45, 7) is 7.07. The molecule has 0 aliphatic heterocycles. The van der Waals surface area contributed by atoms with Crippen molar-refractivity contribution in [1.29, 1.82) is 0 Å². The van der Waals surface area contributed by atoms with Crippen LogP contribution in [-0.4, -0.2) is 23.5 Å². The van der Waals surface area contributed by atoms with Crippen LogP contribution in [0, 0.1) is 0 Å². The number of pyridine rings is 1. The zero-order chi connectivity index (χ0) is 15.0. The number of rotatable bonds is 8. The highest BCUT2D eigenvalue weighted by molar-refractivity contribution is 6.33. The van der Waals surface area contributed by atoms with Crippen LogP contribution < -0.4 is 10.6 Å². The zero-order valence-corrected chi connectivity index (χ0v) is 13.3.